The summed E-state index contributed by atoms with van der Waals surface area (Å²) in [7, 11) is -10.2. The highest BCUT2D eigenvalue weighted by Gasteiger charge is 2.21. The van der Waals surface area contributed by atoms with Crippen molar-refractivity contribution in [3.8, 4) is 12.1 Å². The molecule has 0 atom stereocenters. The SMILES string of the molecule is CC(C)(C#N)N=NC(C)(C)C#N.O=S(=O)(O)OS(=O)(=O)OO. The maximum Gasteiger partial charge on any atom is 0.442 e. The number of nitriles is 2. The Kier molecular flexibility index (Phi) is 8.30. The first-order valence-corrected chi connectivity index (χ1v) is 7.82. The van der Waals surface area contributed by atoms with Crippen LogP contribution < -0.4 is 0 Å². The maximum absolute atomic E-state index is 9.78. The molecule has 0 fully saturated rings. The fourth-order valence-corrected chi connectivity index (χ4v) is 1.35. The molecule has 0 saturated carbocycles. The molecule has 0 aromatic carbocycles. The van der Waals surface area contributed by atoms with Crippen molar-refractivity contribution in [3.05, 3.63) is 0 Å². The molecule has 0 aliphatic heterocycles. The van der Waals surface area contributed by atoms with E-state index in [0.717, 1.165) is 0 Å². The molecule has 126 valence electrons. The third-order valence-electron chi connectivity index (χ3n) is 1.36. The molecule has 0 rings (SSSR count). The van der Waals surface area contributed by atoms with Gasteiger partial charge in [0, 0.05) is 0 Å². The molecule has 14 heteroatoms. The lowest BCUT2D eigenvalue weighted by molar-refractivity contribution is -0.138. The third kappa shape index (κ3) is 13.3. The van der Waals surface area contributed by atoms with Gasteiger partial charge in [0.15, 0.2) is 11.1 Å². The lowest BCUT2D eigenvalue weighted by atomic mass is 10.1. The Labute approximate surface area is 127 Å². The van der Waals surface area contributed by atoms with E-state index in [1.807, 2.05) is 12.1 Å². The molecule has 0 radical (unpaired) electrons. The molecule has 0 aliphatic rings. The van der Waals surface area contributed by atoms with Crippen molar-refractivity contribution in [2.24, 2.45) is 10.2 Å². The van der Waals surface area contributed by atoms with Crippen molar-refractivity contribution in [1.82, 2.24) is 0 Å². The van der Waals surface area contributed by atoms with Crippen LogP contribution in [0.5, 0.6) is 0 Å². The fourth-order valence-electron chi connectivity index (χ4n) is 0.412. The minimum atomic E-state index is -5.17. The Hall–Kier alpha value is -1.68. The van der Waals surface area contributed by atoms with Crippen LogP contribution >= 0.6 is 0 Å². The van der Waals surface area contributed by atoms with Crippen molar-refractivity contribution in [2.75, 3.05) is 0 Å². The smallest absolute Gasteiger partial charge is 0.263 e. The molecule has 22 heavy (non-hydrogen) atoms. The average Bonchev–Trinajstić information content (AvgIpc) is 2.35. The van der Waals surface area contributed by atoms with E-state index in [9.17, 15) is 16.8 Å². The molecular formula is C8H14N4O8S2. The molecule has 0 heterocycles. The summed E-state index contributed by atoms with van der Waals surface area (Å²) in [5, 5.41) is 32.0. The Bertz CT molecular complexity index is 653. The molecule has 2 N–H and O–H groups in total. The monoisotopic (exact) mass is 358 g/mol. The van der Waals surface area contributed by atoms with Crippen molar-refractivity contribution < 1.29 is 34.6 Å². The van der Waals surface area contributed by atoms with E-state index >= 15 is 0 Å². The fraction of sp³-hybridized carbons (Fsp3) is 0.750. The average molecular weight is 358 g/mol. The van der Waals surface area contributed by atoms with Crippen molar-refractivity contribution >= 4 is 20.8 Å². The summed E-state index contributed by atoms with van der Waals surface area (Å²) in [4.78, 5) is 0. The second-order valence-electron chi connectivity index (χ2n) is 4.52. The summed E-state index contributed by atoms with van der Waals surface area (Å²) in [5.41, 5.74) is -1.68. The first-order chi connectivity index (χ1) is 9.60. The summed E-state index contributed by atoms with van der Waals surface area (Å²) < 4.78 is 51.7. The van der Waals surface area contributed by atoms with Crippen LogP contribution in [0.4, 0.5) is 0 Å². The highest BCUT2D eigenvalue weighted by molar-refractivity contribution is 7.94. The predicted molar refractivity (Wildman–Crippen MR) is 69.5 cm³/mol. The molecule has 0 aromatic heterocycles. The Balaban J connectivity index is 0. The van der Waals surface area contributed by atoms with Crippen LogP contribution in [0.1, 0.15) is 27.7 Å². The van der Waals surface area contributed by atoms with E-state index in [4.69, 9.17) is 20.3 Å². The molecule has 0 aliphatic carbocycles. The van der Waals surface area contributed by atoms with Crippen LogP contribution in [-0.2, 0) is 28.8 Å². The standard InChI is InChI=1S/C8H12N4.H2O8S2/c1-7(2,5-9)11-12-8(3,4)6-10;1-7-10(5,6)8-9(2,3)4/h1-4H3;1H,(H,2,3,4). The van der Waals surface area contributed by atoms with E-state index in [2.05, 4.69) is 18.2 Å². The van der Waals surface area contributed by atoms with E-state index in [0.29, 0.717) is 0 Å². The van der Waals surface area contributed by atoms with E-state index < -0.39 is 31.9 Å². The van der Waals surface area contributed by atoms with Crippen LogP contribution in [0.3, 0.4) is 0 Å². The molecule has 0 aromatic rings. The highest BCUT2D eigenvalue weighted by Crippen LogP contribution is 2.13. The zero-order valence-electron chi connectivity index (χ0n) is 11.9. The van der Waals surface area contributed by atoms with E-state index in [1.54, 1.807) is 27.7 Å². The van der Waals surface area contributed by atoms with Crippen LogP contribution in [0.2, 0.25) is 0 Å². The molecule has 0 amide bonds. The van der Waals surface area contributed by atoms with Gasteiger partial charge in [0.05, 0.1) is 12.1 Å². The highest BCUT2D eigenvalue weighted by atomic mass is 32.3. The van der Waals surface area contributed by atoms with Gasteiger partial charge in [-0.25, -0.2) is 5.26 Å². The van der Waals surface area contributed by atoms with Crippen LogP contribution in [-0.4, -0.2) is 37.7 Å². The minimum absolute atomic E-state index is 0.839. The third-order valence-corrected chi connectivity index (χ3v) is 2.89. The first kappa shape index (κ1) is 22.6. The van der Waals surface area contributed by atoms with Crippen molar-refractivity contribution in [2.45, 2.75) is 38.8 Å². The molecule has 0 saturated heterocycles. The van der Waals surface area contributed by atoms with Gasteiger partial charge in [-0.2, -0.15) is 37.6 Å². The van der Waals surface area contributed by atoms with Gasteiger partial charge in [0.2, 0.25) is 0 Å². The normalized spacial score (nSPS) is 12.9. The van der Waals surface area contributed by atoms with Crippen molar-refractivity contribution in [1.29, 1.82) is 10.5 Å². The summed E-state index contributed by atoms with van der Waals surface area (Å²) in [6, 6.07) is 3.94. The van der Waals surface area contributed by atoms with Crippen molar-refractivity contribution in [3.63, 3.8) is 0 Å². The molecule has 0 spiro atoms. The van der Waals surface area contributed by atoms with Gasteiger partial charge < -0.3 is 0 Å². The summed E-state index contributed by atoms with van der Waals surface area (Å²) in [6.45, 7) is 6.57. The summed E-state index contributed by atoms with van der Waals surface area (Å²) in [5.74, 6) is 0. The summed E-state index contributed by atoms with van der Waals surface area (Å²) in [6.07, 6.45) is 0. The summed E-state index contributed by atoms with van der Waals surface area (Å²) >= 11 is 0. The van der Waals surface area contributed by atoms with Gasteiger partial charge in [-0.1, -0.05) is 7.96 Å². The maximum atomic E-state index is 9.78. The van der Waals surface area contributed by atoms with E-state index in [-0.39, 0.29) is 0 Å². The van der Waals surface area contributed by atoms with Gasteiger partial charge in [-0.15, -0.1) is 0 Å². The Morgan fingerprint density at radius 3 is 1.41 bits per heavy atom. The molecule has 0 unspecified atom stereocenters. The lowest BCUT2D eigenvalue weighted by Crippen LogP contribution is -2.17. The topological polar surface area (TPSA) is 199 Å². The van der Waals surface area contributed by atoms with Crippen LogP contribution in [0.15, 0.2) is 10.2 Å². The Morgan fingerprint density at radius 2 is 1.27 bits per heavy atom. The molecule has 12 nitrogen and oxygen atoms in total. The number of nitrogens with zero attached hydrogens (tertiary/aromatic N) is 4. The zero-order chi connectivity index (χ0) is 18.2. The second kappa shape index (κ2) is 8.08. The molecular weight excluding hydrogens is 344 g/mol. The Morgan fingerprint density at radius 1 is 0.955 bits per heavy atom. The van der Waals surface area contributed by atoms with Crippen LogP contribution in [0.25, 0.3) is 0 Å². The largest absolute Gasteiger partial charge is 0.442 e. The van der Waals surface area contributed by atoms with Gasteiger partial charge in [-0.05, 0) is 27.7 Å². The van der Waals surface area contributed by atoms with Gasteiger partial charge in [0.25, 0.3) is 0 Å². The minimum Gasteiger partial charge on any atom is -0.263 e. The van der Waals surface area contributed by atoms with Gasteiger partial charge in [-0.3, -0.25) is 4.55 Å². The van der Waals surface area contributed by atoms with E-state index in [1.165, 1.54) is 0 Å². The quantitative estimate of drug-likeness (QED) is 0.303. The van der Waals surface area contributed by atoms with Crippen LogP contribution in [0, 0.1) is 22.7 Å². The number of rotatable bonds is 5. The lowest BCUT2D eigenvalue weighted by Gasteiger charge is -2.11. The zero-order valence-corrected chi connectivity index (χ0v) is 13.6. The predicted octanol–water partition coefficient (Wildman–Crippen LogP) is 0.583. The first-order valence-electron chi connectivity index (χ1n) is 5.13. The number of hydrogen-bond acceptors (Lipinski definition) is 11. The van der Waals surface area contributed by atoms with Gasteiger partial charge in [0.1, 0.15) is 0 Å². The number of hydrogen-bond donors (Lipinski definition) is 2. The van der Waals surface area contributed by atoms with Gasteiger partial charge >= 0.3 is 20.8 Å². The second-order valence-corrected chi connectivity index (χ2v) is 6.89. The molecule has 0 bridgehead atoms. The number of azo groups is 1.